The average molecular weight is 492 g/mol. The first-order valence-electron chi connectivity index (χ1n) is 13.0. The number of ether oxygens (including phenoxy) is 2. The first kappa shape index (κ1) is 24.3. The van der Waals surface area contributed by atoms with Crippen molar-refractivity contribution >= 4 is 5.91 Å². The number of nitrogens with one attached hydrogen (secondary N) is 2. The van der Waals surface area contributed by atoms with Crippen LogP contribution < -0.4 is 14.8 Å². The quantitative estimate of drug-likeness (QED) is 0.446. The van der Waals surface area contributed by atoms with Crippen molar-refractivity contribution in [1.29, 1.82) is 0 Å². The standard InChI is InChI=1S/C29H34FN3O3/c1-18-24(19(2)33-32-18)13-16-29(34)31-21-8-10-22(11-9-21)35-23-12-15-27-20(17-23)7-14-28(36-27)25-5-3-4-6-26(25)30/h3-6,12,15,17,21-22,28H,7-11,13-14,16H2,1-2H3,(H,31,34)(H,32,33)/t21-,22-,28?. The lowest BCUT2D eigenvalue weighted by molar-refractivity contribution is -0.122. The molecule has 1 aliphatic heterocycles. The van der Waals surface area contributed by atoms with Crippen LogP contribution in [0.4, 0.5) is 4.39 Å². The van der Waals surface area contributed by atoms with E-state index < -0.39 is 0 Å². The highest BCUT2D eigenvalue weighted by molar-refractivity contribution is 5.76. The number of nitrogens with zero attached hydrogens (tertiary/aromatic N) is 1. The molecule has 0 saturated heterocycles. The first-order chi connectivity index (χ1) is 17.5. The van der Waals surface area contributed by atoms with Crippen molar-refractivity contribution in [3.63, 3.8) is 0 Å². The van der Waals surface area contributed by atoms with Crippen molar-refractivity contribution in [2.75, 3.05) is 0 Å². The Bertz CT molecular complexity index is 1200. The number of halogens is 1. The van der Waals surface area contributed by atoms with Gasteiger partial charge >= 0.3 is 0 Å². The Morgan fingerprint density at radius 2 is 1.94 bits per heavy atom. The molecular weight excluding hydrogens is 457 g/mol. The summed E-state index contributed by atoms with van der Waals surface area (Å²) in [4.78, 5) is 12.5. The van der Waals surface area contributed by atoms with E-state index in [0.29, 0.717) is 18.4 Å². The number of aryl methyl sites for hydroxylation is 3. The number of carbonyl (C=O) groups is 1. The zero-order valence-corrected chi connectivity index (χ0v) is 21.0. The van der Waals surface area contributed by atoms with Gasteiger partial charge in [-0.25, -0.2) is 4.39 Å². The Balaban J connectivity index is 1.08. The highest BCUT2D eigenvalue weighted by Gasteiger charge is 2.26. The van der Waals surface area contributed by atoms with Crippen molar-refractivity contribution in [1.82, 2.24) is 15.5 Å². The zero-order valence-electron chi connectivity index (χ0n) is 21.0. The van der Waals surface area contributed by atoms with E-state index in [1.54, 1.807) is 12.1 Å². The highest BCUT2D eigenvalue weighted by atomic mass is 19.1. The van der Waals surface area contributed by atoms with Crippen LogP contribution in [0.25, 0.3) is 0 Å². The van der Waals surface area contributed by atoms with Gasteiger partial charge in [-0.15, -0.1) is 0 Å². The minimum Gasteiger partial charge on any atom is -0.490 e. The molecule has 0 radical (unpaired) electrons. The first-order valence-corrected chi connectivity index (χ1v) is 13.0. The molecule has 6 nitrogen and oxygen atoms in total. The Morgan fingerprint density at radius 1 is 1.14 bits per heavy atom. The summed E-state index contributed by atoms with van der Waals surface area (Å²) in [6.07, 6.45) is 6.28. The Kier molecular flexibility index (Phi) is 7.25. The molecule has 1 aromatic heterocycles. The Hall–Kier alpha value is -3.35. The molecule has 2 heterocycles. The van der Waals surface area contributed by atoms with Gasteiger partial charge in [-0.2, -0.15) is 5.10 Å². The third-order valence-corrected chi connectivity index (χ3v) is 7.45. The molecule has 36 heavy (non-hydrogen) atoms. The van der Waals surface area contributed by atoms with Crippen LogP contribution in [0.2, 0.25) is 0 Å². The summed E-state index contributed by atoms with van der Waals surface area (Å²) in [5, 5.41) is 10.4. The number of rotatable bonds is 7. The zero-order chi connectivity index (χ0) is 25.1. The molecule has 1 atom stereocenters. The van der Waals surface area contributed by atoms with E-state index in [1.165, 1.54) is 6.07 Å². The van der Waals surface area contributed by atoms with E-state index in [0.717, 1.165) is 72.5 Å². The van der Waals surface area contributed by atoms with Crippen LogP contribution in [0.3, 0.4) is 0 Å². The number of benzene rings is 2. The van der Waals surface area contributed by atoms with Crippen LogP contribution in [-0.2, 0) is 17.6 Å². The maximum absolute atomic E-state index is 14.2. The predicted octanol–water partition coefficient (Wildman–Crippen LogP) is 5.67. The fraction of sp³-hybridized carbons (Fsp3) is 0.448. The third-order valence-electron chi connectivity index (χ3n) is 7.45. The van der Waals surface area contributed by atoms with Gasteiger partial charge in [0.05, 0.1) is 11.8 Å². The van der Waals surface area contributed by atoms with Gasteiger partial charge in [-0.05, 0) is 94.2 Å². The van der Waals surface area contributed by atoms with E-state index in [1.807, 2.05) is 32.0 Å². The van der Waals surface area contributed by atoms with E-state index in [2.05, 4.69) is 21.6 Å². The SMILES string of the molecule is Cc1n[nH]c(C)c1CCC(=O)N[C@H]1CC[C@H](Oc2ccc3c(c2)CCC(c2ccccc2F)O3)CC1. The van der Waals surface area contributed by atoms with Gasteiger partial charge in [0, 0.05) is 23.7 Å². The van der Waals surface area contributed by atoms with Crippen molar-refractivity contribution < 1.29 is 18.7 Å². The molecule has 7 heteroatoms. The molecule has 2 aromatic carbocycles. The molecular formula is C29H34FN3O3. The molecule has 0 bridgehead atoms. The highest BCUT2D eigenvalue weighted by Crippen LogP contribution is 2.38. The second kappa shape index (κ2) is 10.7. The van der Waals surface area contributed by atoms with E-state index in [4.69, 9.17) is 9.47 Å². The number of hydrogen-bond acceptors (Lipinski definition) is 4. The number of fused-ring (bicyclic) bond motifs is 1. The van der Waals surface area contributed by atoms with Gasteiger partial charge in [-0.1, -0.05) is 18.2 Å². The number of amides is 1. The van der Waals surface area contributed by atoms with Crippen LogP contribution in [0.5, 0.6) is 11.5 Å². The molecule has 2 N–H and O–H groups in total. The maximum Gasteiger partial charge on any atom is 0.220 e. The second-order valence-electron chi connectivity index (χ2n) is 10.0. The van der Waals surface area contributed by atoms with Crippen LogP contribution in [0.1, 0.15) is 72.7 Å². The van der Waals surface area contributed by atoms with Gasteiger partial charge in [-0.3, -0.25) is 9.89 Å². The lowest BCUT2D eigenvalue weighted by Gasteiger charge is -2.30. The van der Waals surface area contributed by atoms with E-state index in [9.17, 15) is 9.18 Å². The maximum atomic E-state index is 14.2. The molecule has 1 amide bonds. The van der Waals surface area contributed by atoms with Crippen LogP contribution in [-0.4, -0.2) is 28.3 Å². The Labute approximate surface area is 211 Å². The molecule has 2 aliphatic rings. The molecule has 3 aromatic rings. The molecule has 1 saturated carbocycles. The van der Waals surface area contributed by atoms with Crippen LogP contribution in [0.15, 0.2) is 42.5 Å². The smallest absolute Gasteiger partial charge is 0.220 e. The third kappa shape index (κ3) is 5.55. The summed E-state index contributed by atoms with van der Waals surface area (Å²) < 4.78 is 26.6. The summed E-state index contributed by atoms with van der Waals surface area (Å²) >= 11 is 0. The second-order valence-corrected chi connectivity index (χ2v) is 10.0. The normalized spacial score (nSPS) is 21.4. The molecule has 0 spiro atoms. The number of carbonyl (C=O) groups excluding carboxylic acids is 1. The largest absolute Gasteiger partial charge is 0.490 e. The lowest BCUT2D eigenvalue weighted by atomic mass is 9.92. The van der Waals surface area contributed by atoms with Gasteiger partial charge in [0.2, 0.25) is 5.91 Å². The number of hydrogen-bond donors (Lipinski definition) is 2. The average Bonchev–Trinajstić information content (AvgIpc) is 3.21. The molecule has 1 unspecified atom stereocenters. The lowest BCUT2D eigenvalue weighted by Crippen LogP contribution is -2.39. The summed E-state index contributed by atoms with van der Waals surface area (Å²) in [7, 11) is 0. The molecule has 1 fully saturated rings. The number of aromatic amines is 1. The topological polar surface area (TPSA) is 76.2 Å². The minimum atomic E-state index is -0.260. The predicted molar refractivity (Wildman–Crippen MR) is 136 cm³/mol. The fourth-order valence-electron chi connectivity index (χ4n) is 5.39. The van der Waals surface area contributed by atoms with E-state index >= 15 is 0 Å². The summed E-state index contributed by atoms with van der Waals surface area (Å²) in [6.45, 7) is 3.96. The van der Waals surface area contributed by atoms with Crippen molar-refractivity contribution in [3.05, 3.63) is 76.4 Å². The summed E-state index contributed by atoms with van der Waals surface area (Å²) in [5.41, 5.74) is 4.86. The monoisotopic (exact) mass is 491 g/mol. The van der Waals surface area contributed by atoms with Crippen molar-refractivity contribution in [2.45, 2.75) is 83.5 Å². The van der Waals surface area contributed by atoms with Gasteiger partial charge in [0.15, 0.2) is 0 Å². The van der Waals surface area contributed by atoms with E-state index in [-0.39, 0.29) is 30.0 Å². The van der Waals surface area contributed by atoms with Gasteiger partial charge in [0.25, 0.3) is 0 Å². The van der Waals surface area contributed by atoms with Crippen molar-refractivity contribution in [2.24, 2.45) is 0 Å². The summed E-state index contributed by atoms with van der Waals surface area (Å²) in [6, 6.07) is 13.0. The number of aromatic nitrogens is 2. The number of H-pyrrole nitrogens is 1. The molecule has 190 valence electrons. The van der Waals surface area contributed by atoms with Gasteiger partial charge < -0.3 is 14.8 Å². The van der Waals surface area contributed by atoms with Crippen molar-refractivity contribution in [3.8, 4) is 11.5 Å². The fourth-order valence-corrected chi connectivity index (χ4v) is 5.39. The minimum absolute atomic E-state index is 0.0998. The summed E-state index contributed by atoms with van der Waals surface area (Å²) in [5.74, 6) is 1.53. The Morgan fingerprint density at radius 3 is 2.69 bits per heavy atom. The molecule has 5 rings (SSSR count). The van der Waals surface area contributed by atoms with Crippen LogP contribution in [0, 0.1) is 19.7 Å². The molecule has 1 aliphatic carbocycles. The van der Waals surface area contributed by atoms with Crippen LogP contribution >= 0.6 is 0 Å². The van der Waals surface area contributed by atoms with Gasteiger partial charge in [0.1, 0.15) is 23.4 Å².